The number of ketones is 1. The quantitative estimate of drug-likeness (QED) is 0.573. The van der Waals surface area contributed by atoms with E-state index in [0.29, 0.717) is 0 Å². The van der Waals surface area contributed by atoms with E-state index in [4.69, 9.17) is 0 Å². The van der Waals surface area contributed by atoms with Crippen LogP contribution in [0, 0.1) is 6.92 Å². The molecule has 1 atom stereocenters. The highest BCUT2D eigenvalue weighted by Crippen LogP contribution is 2.14. The van der Waals surface area contributed by atoms with Gasteiger partial charge >= 0.3 is 0 Å². The number of aryl methyl sites for hydroxylation is 1. The molecule has 0 saturated heterocycles. The largest absolute Gasteiger partial charge is 0.412 e. The molecular weight excluding hydrogens is 386 g/mol. The first-order valence-corrected chi connectivity index (χ1v) is 6.64. The van der Waals surface area contributed by atoms with Crippen molar-refractivity contribution in [2.45, 2.75) is 19.9 Å². The summed E-state index contributed by atoms with van der Waals surface area (Å²) in [6.07, 6.45) is 3.91. The standard InChI is InChI=1S/C15H15BrNO.BrH.H2O/c1-11-4-3-9-17(10-11)12(2)15(18)13-5-7-14(16)8-6-13;;/h3-10,12H,1-2H3;1H;1H2/q+1;;. The van der Waals surface area contributed by atoms with Crippen molar-refractivity contribution in [3.05, 3.63) is 64.4 Å². The number of pyridine rings is 1. The van der Waals surface area contributed by atoms with Gasteiger partial charge in [0.25, 0.3) is 0 Å². The van der Waals surface area contributed by atoms with E-state index in [1.807, 2.05) is 67.2 Å². The molecule has 1 heterocycles. The van der Waals surface area contributed by atoms with Gasteiger partial charge in [-0.3, -0.25) is 4.79 Å². The molecule has 1 aromatic heterocycles. The first kappa shape index (κ1) is 19.0. The van der Waals surface area contributed by atoms with Crippen LogP contribution in [-0.4, -0.2) is 11.3 Å². The summed E-state index contributed by atoms with van der Waals surface area (Å²) in [5.41, 5.74) is 1.88. The smallest absolute Gasteiger partial charge is 0.230 e. The van der Waals surface area contributed by atoms with Crippen molar-refractivity contribution in [1.82, 2.24) is 0 Å². The third kappa shape index (κ3) is 4.51. The number of hydrogen-bond acceptors (Lipinski definition) is 1. The van der Waals surface area contributed by atoms with Crippen LogP contribution in [0.15, 0.2) is 53.3 Å². The van der Waals surface area contributed by atoms with Gasteiger partial charge in [0.15, 0.2) is 12.4 Å². The zero-order chi connectivity index (χ0) is 13.1. The maximum absolute atomic E-state index is 12.3. The molecule has 0 spiro atoms. The summed E-state index contributed by atoms with van der Waals surface area (Å²) >= 11 is 3.37. The van der Waals surface area contributed by atoms with Gasteiger partial charge in [-0.05, 0) is 25.1 Å². The molecule has 20 heavy (non-hydrogen) atoms. The van der Waals surface area contributed by atoms with E-state index in [2.05, 4.69) is 15.9 Å². The predicted octanol–water partition coefficient (Wildman–Crippen LogP) is 3.24. The van der Waals surface area contributed by atoms with Gasteiger partial charge in [0.05, 0.1) is 0 Å². The topological polar surface area (TPSA) is 52.5 Å². The molecule has 0 bridgehead atoms. The Morgan fingerprint density at radius 2 is 1.80 bits per heavy atom. The van der Waals surface area contributed by atoms with Crippen LogP contribution in [0.1, 0.15) is 28.9 Å². The van der Waals surface area contributed by atoms with Gasteiger partial charge in [0.2, 0.25) is 11.8 Å². The Labute approximate surface area is 137 Å². The third-order valence-corrected chi connectivity index (χ3v) is 3.45. The van der Waals surface area contributed by atoms with E-state index in [1.54, 1.807) is 0 Å². The molecule has 0 radical (unpaired) electrons. The molecule has 2 rings (SSSR count). The summed E-state index contributed by atoms with van der Waals surface area (Å²) in [7, 11) is 0. The Hall–Kier alpha value is -1.04. The van der Waals surface area contributed by atoms with Crippen LogP contribution < -0.4 is 4.57 Å². The van der Waals surface area contributed by atoms with Crippen LogP contribution in [0.5, 0.6) is 0 Å². The van der Waals surface area contributed by atoms with Gasteiger partial charge < -0.3 is 5.48 Å². The minimum atomic E-state index is -0.189. The molecule has 0 saturated carbocycles. The molecule has 2 N–H and O–H groups in total. The predicted molar refractivity (Wildman–Crippen MR) is 88.5 cm³/mol. The number of nitrogens with zero attached hydrogens (tertiary/aromatic N) is 1. The minimum Gasteiger partial charge on any atom is -0.412 e. The van der Waals surface area contributed by atoms with Crippen molar-refractivity contribution in [1.29, 1.82) is 0 Å². The molecule has 108 valence electrons. The van der Waals surface area contributed by atoms with Crippen LogP contribution in [0.4, 0.5) is 0 Å². The highest BCUT2D eigenvalue weighted by Gasteiger charge is 2.23. The summed E-state index contributed by atoms with van der Waals surface area (Å²) in [4.78, 5) is 12.3. The van der Waals surface area contributed by atoms with E-state index < -0.39 is 0 Å². The summed E-state index contributed by atoms with van der Waals surface area (Å²) in [6.45, 7) is 3.94. The third-order valence-electron chi connectivity index (χ3n) is 2.93. The van der Waals surface area contributed by atoms with Crippen LogP contribution in [0.3, 0.4) is 0 Å². The van der Waals surface area contributed by atoms with Gasteiger partial charge in [0.1, 0.15) is 0 Å². The lowest BCUT2D eigenvalue weighted by Crippen LogP contribution is -2.41. The Balaban J connectivity index is 0.00000180. The van der Waals surface area contributed by atoms with E-state index in [-0.39, 0.29) is 34.3 Å². The van der Waals surface area contributed by atoms with E-state index in [0.717, 1.165) is 15.6 Å². The Morgan fingerprint density at radius 1 is 1.20 bits per heavy atom. The normalized spacial score (nSPS) is 10.9. The number of hydrogen-bond donors (Lipinski definition) is 0. The molecular formula is C15H18Br2NO2+. The van der Waals surface area contributed by atoms with Crippen molar-refractivity contribution in [3.8, 4) is 0 Å². The van der Waals surface area contributed by atoms with E-state index >= 15 is 0 Å². The average Bonchev–Trinajstić information content (AvgIpc) is 2.38. The van der Waals surface area contributed by atoms with Crippen molar-refractivity contribution < 1.29 is 14.8 Å². The number of benzene rings is 1. The molecule has 0 aliphatic rings. The molecule has 2 aromatic rings. The maximum Gasteiger partial charge on any atom is 0.230 e. The molecule has 0 aliphatic heterocycles. The zero-order valence-corrected chi connectivity index (χ0v) is 14.6. The van der Waals surface area contributed by atoms with Crippen molar-refractivity contribution >= 4 is 38.7 Å². The maximum atomic E-state index is 12.3. The van der Waals surface area contributed by atoms with Crippen LogP contribution in [0.25, 0.3) is 0 Å². The van der Waals surface area contributed by atoms with Gasteiger partial charge in [-0.2, -0.15) is 4.57 Å². The lowest BCUT2D eigenvalue weighted by atomic mass is 10.1. The number of aromatic nitrogens is 1. The van der Waals surface area contributed by atoms with Crippen LogP contribution in [-0.2, 0) is 0 Å². The highest BCUT2D eigenvalue weighted by molar-refractivity contribution is 9.10. The fourth-order valence-electron chi connectivity index (χ4n) is 1.85. The number of carbonyl (C=O) groups is 1. The van der Waals surface area contributed by atoms with Crippen molar-refractivity contribution in [2.24, 2.45) is 0 Å². The average molecular weight is 404 g/mol. The summed E-state index contributed by atoms with van der Waals surface area (Å²) < 4.78 is 2.93. The monoisotopic (exact) mass is 402 g/mol. The highest BCUT2D eigenvalue weighted by atomic mass is 79.9. The number of carbonyl (C=O) groups excluding carboxylic acids is 1. The first-order valence-electron chi connectivity index (χ1n) is 5.85. The molecule has 1 unspecified atom stereocenters. The van der Waals surface area contributed by atoms with Gasteiger partial charge in [0, 0.05) is 28.6 Å². The molecule has 3 nitrogen and oxygen atoms in total. The number of halogens is 2. The van der Waals surface area contributed by atoms with E-state index in [1.165, 1.54) is 0 Å². The van der Waals surface area contributed by atoms with E-state index in [9.17, 15) is 4.79 Å². The van der Waals surface area contributed by atoms with Crippen molar-refractivity contribution in [3.63, 3.8) is 0 Å². The molecule has 5 heteroatoms. The van der Waals surface area contributed by atoms with Gasteiger partial charge in [-0.15, -0.1) is 17.0 Å². The van der Waals surface area contributed by atoms with Crippen LogP contribution in [0.2, 0.25) is 0 Å². The number of Topliss-reactive ketones (excluding diaryl/α,β-unsaturated/α-hetero) is 1. The summed E-state index contributed by atoms with van der Waals surface area (Å²) in [5, 5.41) is 0. The molecule has 1 aromatic carbocycles. The first-order chi connectivity index (χ1) is 8.58. The molecule has 0 amide bonds. The second-order valence-corrected chi connectivity index (χ2v) is 5.29. The Morgan fingerprint density at radius 3 is 2.35 bits per heavy atom. The lowest BCUT2D eigenvalue weighted by molar-refractivity contribution is -0.705. The van der Waals surface area contributed by atoms with Crippen LogP contribution >= 0.6 is 32.9 Å². The fraction of sp³-hybridized carbons (Fsp3) is 0.200. The lowest BCUT2D eigenvalue weighted by Gasteiger charge is -2.07. The SMILES string of the molecule is Br.Cc1ccc[n+](C(C)C(=O)c2ccc(Br)cc2)c1.O. The Kier molecular flexibility index (Phi) is 7.86. The number of rotatable bonds is 3. The summed E-state index contributed by atoms with van der Waals surface area (Å²) in [6, 6.07) is 11.3. The zero-order valence-electron chi connectivity index (χ0n) is 11.3. The van der Waals surface area contributed by atoms with Gasteiger partial charge in [-0.1, -0.05) is 28.1 Å². The second-order valence-electron chi connectivity index (χ2n) is 4.38. The summed E-state index contributed by atoms with van der Waals surface area (Å²) in [5.74, 6) is 0.123. The van der Waals surface area contributed by atoms with Crippen molar-refractivity contribution in [2.75, 3.05) is 0 Å². The Bertz CT molecular complexity index is 570. The fourth-order valence-corrected chi connectivity index (χ4v) is 2.11. The molecule has 0 fully saturated rings. The van der Waals surface area contributed by atoms with Gasteiger partial charge in [-0.25, -0.2) is 0 Å². The minimum absolute atomic E-state index is 0. The second kappa shape index (κ2) is 8.29. The molecule has 0 aliphatic carbocycles.